The minimum Gasteiger partial charge on any atom is -0.497 e. The average molecular weight is 305 g/mol. The van der Waals surface area contributed by atoms with Gasteiger partial charge < -0.3 is 14.6 Å². The molecule has 2 heterocycles. The summed E-state index contributed by atoms with van der Waals surface area (Å²) in [4.78, 5) is 2.47. The van der Waals surface area contributed by atoms with Gasteiger partial charge in [-0.3, -0.25) is 4.90 Å². The highest BCUT2D eigenvalue weighted by Crippen LogP contribution is 2.39. The number of nitrogens with zero attached hydrogens (tertiary/aromatic N) is 1. The summed E-state index contributed by atoms with van der Waals surface area (Å²) in [6.45, 7) is 5.66. The van der Waals surface area contributed by atoms with Gasteiger partial charge in [0.25, 0.3) is 0 Å². The van der Waals surface area contributed by atoms with Crippen LogP contribution in [-0.4, -0.2) is 48.0 Å². The molecule has 1 atom stereocenters. The third kappa shape index (κ3) is 3.62. The molecule has 4 heteroatoms. The van der Waals surface area contributed by atoms with Gasteiger partial charge in [0.15, 0.2) is 0 Å². The Labute approximate surface area is 133 Å². The van der Waals surface area contributed by atoms with Crippen molar-refractivity contribution in [3.05, 3.63) is 29.8 Å². The first kappa shape index (κ1) is 15.8. The van der Waals surface area contributed by atoms with Crippen LogP contribution in [0.15, 0.2) is 24.3 Å². The van der Waals surface area contributed by atoms with Crippen LogP contribution in [0, 0.1) is 0 Å². The van der Waals surface area contributed by atoms with Gasteiger partial charge in [-0.05, 0) is 43.9 Å². The molecule has 1 unspecified atom stereocenters. The topological polar surface area (TPSA) is 41.9 Å². The Morgan fingerprint density at radius 2 is 1.86 bits per heavy atom. The summed E-state index contributed by atoms with van der Waals surface area (Å²) < 4.78 is 11.3. The van der Waals surface area contributed by atoms with E-state index in [1.54, 1.807) is 7.11 Å². The van der Waals surface area contributed by atoms with Crippen molar-refractivity contribution < 1.29 is 14.6 Å². The first-order chi connectivity index (χ1) is 10.5. The predicted molar refractivity (Wildman–Crippen MR) is 86.0 cm³/mol. The molecule has 0 bridgehead atoms. The molecule has 2 fully saturated rings. The van der Waals surface area contributed by atoms with Gasteiger partial charge in [-0.1, -0.05) is 12.1 Å². The summed E-state index contributed by atoms with van der Waals surface area (Å²) >= 11 is 0. The molecule has 1 N–H and O–H groups in total. The molecule has 3 rings (SSSR count). The second kappa shape index (κ2) is 6.19. The predicted octanol–water partition coefficient (Wildman–Crippen LogP) is 2.59. The van der Waals surface area contributed by atoms with E-state index in [9.17, 15) is 5.11 Å². The lowest BCUT2D eigenvalue weighted by Crippen LogP contribution is -2.53. The molecule has 1 aromatic rings. The Morgan fingerprint density at radius 3 is 2.45 bits per heavy atom. The van der Waals surface area contributed by atoms with E-state index < -0.39 is 5.60 Å². The molecular formula is C18H27NO3. The van der Waals surface area contributed by atoms with E-state index in [0.29, 0.717) is 6.61 Å². The third-order valence-electron chi connectivity index (χ3n) is 5.08. The van der Waals surface area contributed by atoms with Crippen LogP contribution in [0.1, 0.15) is 38.2 Å². The van der Waals surface area contributed by atoms with Gasteiger partial charge in [0.1, 0.15) is 5.75 Å². The summed E-state index contributed by atoms with van der Waals surface area (Å²) in [6.07, 6.45) is 3.55. The van der Waals surface area contributed by atoms with E-state index in [2.05, 4.69) is 17.0 Å². The number of hydrogen-bond acceptors (Lipinski definition) is 4. The van der Waals surface area contributed by atoms with E-state index in [4.69, 9.17) is 9.47 Å². The minimum absolute atomic E-state index is 0.0990. The van der Waals surface area contributed by atoms with Gasteiger partial charge in [0.2, 0.25) is 0 Å². The van der Waals surface area contributed by atoms with E-state index in [1.165, 1.54) is 5.56 Å². The largest absolute Gasteiger partial charge is 0.497 e. The summed E-state index contributed by atoms with van der Waals surface area (Å²) in [5.74, 6) is 0.902. The number of likely N-dealkylation sites (tertiary alicyclic amines) is 1. The van der Waals surface area contributed by atoms with Crippen LogP contribution >= 0.6 is 0 Å². The average Bonchev–Trinajstić information content (AvgIpc) is 2.50. The number of ether oxygens (including phenoxy) is 2. The fourth-order valence-electron chi connectivity index (χ4n) is 3.75. The number of aliphatic hydroxyl groups is 1. The first-order valence-corrected chi connectivity index (χ1v) is 8.22. The molecule has 2 aliphatic heterocycles. The van der Waals surface area contributed by atoms with Crippen molar-refractivity contribution in [2.45, 2.75) is 50.4 Å². The number of hydrogen-bond donors (Lipinski definition) is 1. The molecule has 2 saturated heterocycles. The lowest BCUT2D eigenvalue weighted by atomic mass is 9.78. The second-order valence-corrected chi connectivity index (χ2v) is 7.08. The van der Waals surface area contributed by atoms with Crippen LogP contribution in [0.25, 0.3) is 0 Å². The standard InChI is InChI=1S/C18H27NO3/c1-17(20)9-12-22-18(14-17)7-10-19(11-8-18)13-15-3-5-16(21-2)6-4-15/h3-6,20H,7-14H2,1-2H3. The van der Waals surface area contributed by atoms with Crippen LogP contribution in [0.4, 0.5) is 0 Å². The third-order valence-corrected chi connectivity index (χ3v) is 5.08. The summed E-state index contributed by atoms with van der Waals surface area (Å²) in [6, 6.07) is 8.29. The molecular weight excluding hydrogens is 278 g/mol. The highest BCUT2D eigenvalue weighted by atomic mass is 16.5. The van der Waals surface area contributed by atoms with Crippen molar-refractivity contribution >= 4 is 0 Å². The number of benzene rings is 1. The molecule has 0 aliphatic carbocycles. The van der Waals surface area contributed by atoms with Crippen molar-refractivity contribution in [2.24, 2.45) is 0 Å². The zero-order chi connectivity index (χ0) is 15.6. The normalized spacial score (nSPS) is 28.7. The molecule has 4 nitrogen and oxygen atoms in total. The van der Waals surface area contributed by atoms with Crippen LogP contribution < -0.4 is 4.74 Å². The highest BCUT2D eigenvalue weighted by Gasteiger charge is 2.44. The van der Waals surface area contributed by atoms with Gasteiger partial charge >= 0.3 is 0 Å². The second-order valence-electron chi connectivity index (χ2n) is 7.08. The molecule has 0 saturated carbocycles. The first-order valence-electron chi connectivity index (χ1n) is 8.22. The summed E-state index contributed by atoms with van der Waals surface area (Å²) in [5, 5.41) is 10.3. The minimum atomic E-state index is -0.559. The van der Waals surface area contributed by atoms with Crippen LogP contribution in [-0.2, 0) is 11.3 Å². The Bertz CT molecular complexity index is 490. The molecule has 1 aromatic carbocycles. The Kier molecular flexibility index (Phi) is 4.44. The quantitative estimate of drug-likeness (QED) is 0.932. The molecule has 0 aromatic heterocycles. The van der Waals surface area contributed by atoms with Crippen LogP contribution in [0.3, 0.4) is 0 Å². The maximum Gasteiger partial charge on any atom is 0.118 e. The van der Waals surface area contributed by atoms with E-state index in [-0.39, 0.29) is 5.60 Å². The fourth-order valence-corrected chi connectivity index (χ4v) is 3.75. The van der Waals surface area contributed by atoms with Gasteiger partial charge in [0.05, 0.1) is 24.9 Å². The van der Waals surface area contributed by atoms with Gasteiger partial charge in [0, 0.05) is 26.1 Å². The van der Waals surface area contributed by atoms with Crippen molar-refractivity contribution in [3.8, 4) is 5.75 Å². The van der Waals surface area contributed by atoms with Crippen molar-refractivity contribution in [1.29, 1.82) is 0 Å². The maximum absolute atomic E-state index is 10.3. The van der Waals surface area contributed by atoms with Crippen LogP contribution in [0.5, 0.6) is 5.75 Å². The molecule has 2 aliphatic rings. The van der Waals surface area contributed by atoms with Crippen molar-refractivity contribution in [1.82, 2.24) is 4.90 Å². The lowest BCUT2D eigenvalue weighted by molar-refractivity contribution is -0.173. The van der Waals surface area contributed by atoms with Gasteiger partial charge in [-0.15, -0.1) is 0 Å². The molecule has 1 spiro atoms. The van der Waals surface area contributed by atoms with E-state index >= 15 is 0 Å². The Balaban J connectivity index is 1.55. The van der Waals surface area contributed by atoms with Crippen molar-refractivity contribution in [2.75, 3.05) is 26.8 Å². The van der Waals surface area contributed by atoms with Crippen molar-refractivity contribution in [3.63, 3.8) is 0 Å². The fraction of sp³-hybridized carbons (Fsp3) is 0.667. The number of rotatable bonds is 3. The smallest absolute Gasteiger partial charge is 0.118 e. The van der Waals surface area contributed by atoms with E-state index in [0.717, 1.165) is 51.1 Å². The molecule has 22 heavy (non-hydrogen) atoms. The summed E-state index contributed by atoms with van der Waals surface area (Å²) in [7, 11) is 1.69. The Morgan fingerprint density at radius 1 is 1.18 bits per heavy atom. The van der Waals surface area contributed by atoms with Crippen LogP contribution in [0.2, 0.25) is 0 Å². The number of methoxy groups -OCH3 is 1. The van der Waals surface area contributed by atoms with Gasteiger partial charge in [-0.2, -0.15) is 0 Å². The maximum atomic E-state index is 10.3. The Hall–Kier alpha value is -1.10. The van der Waals surface area contributed by atoms with Gasteiger partial charge in [-0.25, -0.2) is 0 Å². The molecule has 122 valence electrons. The highest BCUT2D eigenvalue weighted by molar-refractivity contribution is 5.27. The SMILES string of the molecule is COc1ccc(CN2CCC3(CC2)CC(C)(O)CCO3)cc1. The van der Waals surface area contributed by atoms with E-state index in [1.807, 2.05) is 19.1 Å². The zero-order valence-corrected chi connectivity index (χ0v) is 13.7. The zero-order valence-electron chi connectivity index (χ0n) is 13.7. The molecule has 0 amide bonds. The lowest BCUT2D eigenvalue weighted by Gasteiger charge is -2.48. The number of piperidine rings is 1. The summed E-state index contributed by atoms with van der Waals surface area (Å²) in [5.41, 5.74) is 0.655. The molecule has 0 radical (unpaired) electrons. The monoisotopic (exact) mass is 305 g/mol.